The third-order valence-corrected chi connectivity index (χ3v) is 9.81. The highest BCUT2D eigenvalue weighted by atomic mass is 32.2. The van der Waals surface area contributed by atoms with Gasteiger partial charge in [0, 0.05) is 59.9 Å². The second kappa shape index (κ2) is 21.1. The van der Waals surface area contributed by atoms with Gasteiger partial charge in [0.25, 0.3) is 0 Å². The molecule has 0 amide bonds. The highest BCUT2D eigenvalue weighted by molar-refractivity contribution is 7.99. The van der Waals surface area contributed by atoms with Gasteiger partial charge in [-0.25, -0.2) is 0 Å². The van der Waals surface area contributed by atoms with Crippen molar-refractivity contribution < 1.29 is 0 Å². The molecule has 63 heavy (non-hydrogen) atoms. The number of anilines is 2. The minimum atomic E-state index is 0.0766. The largest absolute Gasteiger partial charge is 0.342 e. The molecule has 0 spiro atoms. The van der Waals surface area contributed by atoms with E-state index in [0.29, 0.717) is 16.2 Å². The van der Waals surface area contributed by atoms with Gasteiger partial charge in [0.2, 0.25) is 0 Å². The Morgan fingerprint density at radius 2 is 0.667 bits per heavy atom. The smallest absolute Gasteiger partial charge is 0.0557 e. The average Bonchev–Trinajstić information content (AvgIpc) is 3.72. The van der Waals surface area contributed by atoms with Crippen molar-refractivity contribution in [3.05, 3.63) is 134 Å². The van der Waals surface area contributed by atoms with Crippen LogP contribution < -0.4 is 4.90 Å². The van der Waals surface area contributed by atoms with E-state index in [1.54, 1.807) is 0 Å². The molecule has 3 heterocycles. The monoisotopic (exact) mass is 868 g/mol. The first-order valence-corrected chi connectivity index (χ1v) is 23.8. The van der Waals surface area contributed by atoms with Gasteiger partial charge in [0.05, 0.1) is 11.4 Å². The van der Waals surface area contributed by atoms with Crippen molar-refractivity contribution in [1.29, 1.82) is 0 Å². The number of hydrogen-bond acceptors (Lipinski definition) is 2. The van der Waals surface area contributed by atoms with E-state index in [1.165, 1.54) is 53.9 Å². The number of para-hydroxylation sites is 5. The van der Waals surface area contributed by atoms with E-state index in [2.05, 4.69) is 293 Å². The van der Waals surface area contributed by atoms with Gasteiger partial charge in [-0.05, 0) is 132 Å². The van der Waals surface area contributed by atoms with Crippen LogP contribution in [-0.4, -0.2) is 14.7 Å². The van der Waals surface area contributed by atoms with E-state index in [4.69, 9.17) is 0 Å². The van der Waals surface area contributed by atoms with Crippen molar-refractivity contribution in [1.82, 2.24) is 9.13 Å². The Labute approximate surface area is 389 Å². The van der Waals surface area contributed by atoms with E-state index >= 15 is 0 Å². The van der Waals surface area contributed by atoms with Crippen LogP contribution in [0.3, 0.4) is 0 Å². The predicted molar refractivity (Wildman–Crippen MR) is 286 cm³/mol. The van der Waals surface area contributed by atoms with Crippen LogP contribution in [-0.2, 0) is 11.1 Å². The fourth-order valence-electron chi connectivity index (χ4n) is 6.74. The Hall–Kier alpha value is -4.41. The van der Waals surface area contributed by atoms with Crippen LogP contribution in [0.5, 0.6) is 0 Å². The number of hydrogen-bond donors (Lipinski definition) is 0. The number of aromatic nitrogens is 2. The minimum Gasteiger partial charge on any atom is -0.342 e. The van der Waals surface area contributed by atoms with Crippen LogP contribution in [0.25, 0.3) is 32.7 Å². The Morgan fingerprint density at radius 1 is 0.333 bits per heavy atom. The Balaban J connectivity index is 0.000000218. The lowest BCUT2D eigenvalue weighted by molar-refractivity contribution is 0.411. The first-order valence-electron chi connectivity index (χ1n) is 23.0. The molecule has 0 bridgehead atoms. The second-order valence-corrected chi connectivity index (χ2v) is 25.6. The topological polar surface area (TPSA) is 13.1 Å². The van der Waals surface area contributed by atoms with Crippen LogP contribution in [0.4, 0.5) is 11.4 Å². The van der Waals surface area contributed by atoms with Crippen LogP contribution in [0.2, 0.25) is 0 Å². The summed E-state index contributed by atoms with van der Waals surface area (Å²) in [6.07, 6.45) is 2.16. The summed E-state index contributed by atoms with van der Waals surface area (Å²) in [4.78, 5) is 5.12. The molecule has 5 aromatic carbocycles. The SMILES string of the molecule is CC(C)(C)C.CC(C)(C)C.CC(C)(C)C.CC(C)(C)N1c2ccccc2Sc2ccccc21.CC(C)(C)n1c2ccccc2c2ccccc21.CC(C)(C)n1ccc2ccccc21. The molecule has 0 fully saturated rings. The lowest BCUT2D eigenvalue weighted by atomic mass is 10.0. The highest BCUT2D eigenvalue weighted by Gasteiger charge is 2.30. The molecule has 1 aliphatic rings. The molecule has 0 radical (unpaired) electrons. The molecule has 4 heteroatoms. The quantitative estimate of drug-likeness (QED) is 0.151. The van der Waals surface area contributed by atoms with Crippen molar-refractivity contribution in [2.75, 3.05) is 4.90 Å². The summed E-state index contributed by atoms with van der Waals surface area (Å²) in [5, 5.41) is 4.01. The van der Waals surface area contributed by atoms with Crippen LogP contribution in [0.1, 0.15) is 145 Å². The van der Waals surface area contributed by atoms with Crippen LogP contribution >= 0.6 is 11.8 Å². The number of fused-ring (bicyclic) bond motifs is 6. The molecular weight excluding hydrogens is 783 g/mol. The zero-order valence-corrected chi connectivity index (χ0v) is 44.3. The summed E-state index contributed by atoms with van der Waals surface area (Å²) >= 11 is 1.86. The summed E-state index contributed by atoms with van der Waals surface area (Å²) in [5.74, 6) is 0. The standard InChI is InChI=1S/C16H17NS.C16H17N.C12H15N.3C5H12/c1-16(2,3)17-12-8-4-6-10-14(12)18-15-11-7-5-9-13(15)17;1-16(2,3)17-14-10-6-4-8-12(14)13-9-5-7-11-15(13)17;1-12(2,3)13-9-8-10-6-4-5-7-11(10)13;3*1-5(2,3)4/h4-11H,1-3H3;4-11H,1-3H3;4-9H,1-3H3;3*1-4H3. The van der Waals surface area contributed by atoms with Gasteiger partial charge in [-0.15, -0.1) is 0 Å². The normalized spacial score (nSPS) is 12.7. The lowest BCUT2D eigenvalue weighted by Gasteiger charge is -2.42. The van der Waals surface area contributed by atoms with Gasteiger partial charge in [-0.1, -0.05) is 174 Å². The molecule has 0 aliphatic carbocycles. The molecule has 0 saturated carbocycles. The summed E-state index contributed by atoms with van der Waals surface area (Å²) in [7, 11) is 0. The van der Waals surface area contributed by atoms with Crippen molar-refractivity contribution in [3.63, 3.8) is 0 Å². The van der Waals surface area contributed by atoms with E-state index in [0.717, 1.165) is 0 Å². The molecule has 3 nitrogen and oxygen atoms in total. The zero-order valence-electron chi connectivity index (χ0n) is 43.5. The fourth-order valence-corrected chi connectivity index (χ4v) is 7.80. The van der Waals surface area contributed by atoms with Gasteiger partial charge in [-0.2, -0.15) is 0 Å². The summed E-state index contributed by atoms with van der Waals surface area (Å²) < 4.78 is 4.74. The molecule has 0 N–H and O–H groups in total. The first-order chi connectivity index (χ1) is 28.7. The van der Waals surface area contributed by atoms with E-state index in [-0.39, 0.29) is 16.6 Å². The molecule has 342 valence electrons. The Kier molecular flexibility index (Phi) is 17.7. The first kappa shape index (κ1) is 52.9. The van der Waals surface area contributed by atoms with Gasteiger partial charge >= 0.3 is 0 Å². The van der Waals surface area contributed by atoms with Crippen LogP contribution in [0.15, 0.2) is 143 Å². The molecule has 0 saturated heterocycles. The van der Waals surface area contributed by atoms with E-state index in [9.17, 15) is 0 Å². The molecule has 1 aliphatic heterocycles. The summed E-state index contributed by atoms with van der Waals surface area (Å²) in [6, 6.07) is 45.2. The number of nitrogens with zero attached hydrogens (tertiary/aromatic N) is 3. The number of benzene rings is 5. The van der Waals surface area contributed by atoms with Crippen molar-refractivity contribution >= 4 is 55.8 Å². The molecule has 0 unspecified atom stereocenters. The second-order valence-electron chi connectivity index (χ2n) is 24.5. The van der Waals surface area contributed by atoms with E-state index < -0.39 is 0 Å². The van der Waals surface area contributed by atoms with Crippen molar-refractivity contribution in [2.45, 2.75) is 172 Å². The molecule has 2 aromatic heterocycles. The summed E-state index contributed by atoms with van der Waals surface area (Å²) in [6.45, 7) is 46.5. The molecule has 0 atom stereocenters. The average molecular weight is 868 g/mol. The zero-order chi connectivity index (χ0) is 47.8. The van der Waals surface area contributed by atoms with Gasteiger partial charge < -0.3 is 14.0 Å². The van der Waals surface area contributed by atoms with Crippen molar-refractivity contribution in [3.8, 4) is 0 Å². The van der Waals surface area contributed by atoms with Gasteiger partial charge in [-0.3, -0.25) is 0 Å². The maximum absolute atomic E-state index is 2.44. The lowest BCUT2D eigenvalue weighted by Crippen LogP contribution is -2.39. The maximum atomic E-state index is 2.44. The summed E-state index contributed by atoms with van der Waals surface area (Å²) in [5.41, 5.74) is 8.43. The molecule has 8 rings (SSSR count). The maximum Gasteiger partial charge on any atom is 0.0557 e. The Morgan fingerprint density at radius 3 is 1.03 bits per heavy atom. The predicted octanol–water partition coefficient (Wildman–Crippen LogP) is 19.2. The fraction of sp³-hybridized carbons (Fsp3) is 0.458. The molecule has 7 aromatic rings. The van der Waals surface area contributed by atoms with Crippen LogP contribution in [0, 0.1) is 16.2 Å². The third kappa shape index (κ3) is 17.2. The third-order valence-electron chi connectivity index (χ3n) is 8.68. The minimum absolute atomic E-state index is 0.0766. The van der Waals surface area contributed by atoms with Gasteiger partial charge in [0.15, 0.2) is 0 Å². The molecular formula is C59H85N3S. The van der Waals surface area contributed by atoms with Gasteiger partial charge in [0.1, 0.15) is 0 Å². The van der Waals surface area contributed by atoms with Crippen molar-refractivity contribution in [2.24, 2.45) is 16.2 Å². The number of rotatable bonds is 0. The highest BCUT2D eigenvalue weighted by Crippen LogP contribution is 2.50. The Bertz CT molecular complexity index is 2330. The van der Waals surface area contributed by atoms with E-state index in [1.807, 2.05) is 11.8 Å².